The SMILES string of the molecule is CCCCOSC(=O)OCCCOC(OC(=O)SOCCCC)n1cnc2c(NC)nc(N)nc21. The maximum atomic E-state index is 12.3. The monoisotopic (exact) mass is 532 g/mol. The van der Waals surface area contributed by atoms with Crippen LogP contribution in [0.5, 0.6) is 0 Å². The lowest BCUT2D eigenvalue weighted by atomic mass is 10.4. The molecular weight excluding hydrogens is 500 g/mol. The Labute approximate surface area is 212 Å². The fourth-order valence-electron chi connectivity index (χ4n) is 2.54. The van der Waals surface area contributed by atoms with Crippen LogP contribution < -0.4 is 11.1 Å². The van der Waals surface area contributed by atoms with Gasteiger partial charge in [0.25, 0.3) is 6.41 Å². The molecule has 15 heteroatoms. The third-order valence-electron chi connectivity index (χ3n) is 4.29. The minimum atomic E-state index is -1.21. The number of hydrogen-bond donors (Lipinski definition) is 2. The molecule has 196 valence electrons. The molecule has 0 bridgehead atoms. The molecule has 2 rings (SSSR count). The molecule has 0 aliphatic rings. The highest BCUT2D eigenvalue weighted by Gasteiger charge is 2.23. The van der Waals surface area contributed by atoms with Crippen LogP contribution in [0, 0.1) is 0 Å². The molecule has 0 aromatic carbocycles. The number of nitrogens with zero attached hydrogens (tertiary/aromatic N) is 4. The molecule has 0 fully saturated rings. The van der Waals surface area contributed by atoms with Gasteiger partial charge in [-0.3, -0.25) is 4.57 Å². The van der Waals surface area contributed by atoms with Gasteiger partial charge >= 0.3 is 10.6 Å². The highest BCUT2D eigenvalue weighted by atomic mass is 32.2. The summed E-state index contributed by atoms with van der Waals surface area (Å²) in [4.78, 5) is 36.5. The number of hydrogen-bond acceptors (Lipinski definition) is 14. The standard InChI is InChI=1S/C20H32N6O7S2/c1-4-6-11-31-34-19(27)30-10-8-9-29-18(33-20(28)35-32-12-7-5-2)26-13-23-14-15(22-3)24-17(21)25-16(14)26/h13,18H,4-12H2,1-3H3,(H3,21,22,24,25). The minimum Gasteiger partial charge on any atom is -0.456 e. The van der Waals surface area contributed by atoms with Crippen molar-refractivity contribution in [2.75, 3.05) is 44.5 Å². The van der Waals surface area contributed by atoms with Crippen molar-refractivity contribution >= 4 is 57.6 Å². The van der Waals surface area contributed by atoms with E-state index < -0.39 is 17.0 Å². The van der Waals surface area contributed by atoms with Crippen LogP contribution in [0.4, 0.5) is 21.4 Å². The Hall–Kier alpha value is -2.33. The molecular formula is C20H32N6O7S2. The van der Waals surface area contributed by atoms with Crippen LogP contribution in [-0.4, -0.2) is 63.6 Å². The van der Waals surface area contributed by atoms with Gasteiger partial charge in [0.2, 0.25) is 5.95 Å². The van der Waals surface area contributed by atoms with Crippen LogP contribution in [-0.2, 0) is 22.6 Å². The molecule has 35 heavy (non-hydrogen) atoms. The van der Waals surface area contributed by atoms with E-state index in [-0.39, 0.29) is 19.2 Å². The van der Waals surface area contributed by atoms with E-state index in [0.717, 1.165) is 25.7 Å². The summed E-state index contributed by atoms with van der Waals surface area (Å²) in [6, 6.07) is 0. The lowest BCUT2D eigenvalue weighted by molar-refractivity contribution is -0.148. The van der Waals surface area contributed by atoms with Crippen molar-refractivity contribution in [3.05, 3.63) is 6.33 Å². The first-order chi connectivity index (χ1) is 17.0. The van der Waals surface area contributed by atoms with Crippen molar-refractivity contribution in [3.8, 4) is 0 Å². The Morgan fingerprint density at radius 1 is 1.03 bits per heavy atom. The number of ether oxygens (including phenoxy) is 3. The molecule has 3 N–H and O–H groups in total. The largest absolute Gasteiger partial charge is 0.456 e. The second kappa shape index (κ2) is 16.4. The summed E-state index contributed by atoms with van der Waals surface area (Å²) in [6.45, 7) is 5.15. The number of carbonyl (C=O) groups excluding carboxylic acids is 2. The van der Waals surface area contributed by atoms with Crippen LogP contribution in [0.25, 0.3) is 11.2 Å². The van der Waals surface area contributed by atoms with Gasteiger partial charge in [0.05, 0.1) is 26.4 Å². The van der Waals surface area contributed by atoms with Crippen molar-refractivity contribution in [2.24, 2.45) is 0 Å². The maximum absolute atomic E-state index is 12.3. The van der Waals surface area contributed by atoms with Gasteiger partial charge in [0, 0.05) is 13.5 Å². The van der Waals surface area contributed by atoms with Gasteiger partial charge in [-0.2, -0.15) is 9.97 Å². The summed E-state index contributed by atoms with van der Waals surface area (Å²) in [5, 5.41) is 1.67. The van der Waals surface area contributed by atoms with E-state index in [1.807, 2.05) is 13.8 Å². The van der Waals surface area contributed by atoms with Gasteiger partial charge in [-0.25, -0.2) is 14.6 Å². The lowest BCUT2D eigenvalue weighted by Gasteiger charge is -2.19. The predicted molar refractivity (Wildman–Crippen MR) is 134 cm³/mol. The first kappa shape index (κ1) is 28.9. The Morgan fingerprint density at radius 3 is 2.37 bits per heavy atom. The van der Waals surface area contributed by atoms with Gasteiger partial charge in [0.1, 0.15) is 30.4 Å². The summed E-state index contributed by atoms with van der Waals surface area (Å²) in [5.41, 5.74) is 6.54. The third-order valence-corrected chi connectivity index (χ3v) is 5.34. The lowest BCUT2D eigenvalue weighted by Crippen LogP contribution is -2.20. The molecule has 1 unspecified atom stereocenters. The fourth-order valence-corrected chi connectivity index (χ4v) is 3.39. The first-order valence-electron chi connectivity index (χ1n) is 11.3. The predicted octanol–water partition coefficient (Wildman–Crippen LogP) is 4.52. The smallest absolute Gasteiger partial charge is 0.398 e. The molecule has 0 saturated heterocycles. The van der Waals surface area contributed by atoms with Gasteiger partial charge in [-0.1, -0.05) is 26.7 Å². The van der Waals surface area contributed by atoms with Crippen molar-refractivity contribution in [1.29, 1.82) is 0 Å². The van der Waals surface area contributed by atoms with Crippen LogP contribution in [0.3, 0.4) is 0 Å². The van der Waals surface area contributed by atoms with Gasteiger partial charge in [-0.05, 0) is 12.8 Å². The van der Waals surface area contributed by atoms with E-state index in [1.54, 1.807) is 7.05 Å². The van der Waals surface area contributed by atoms with E-state index in [1.165, 1.54) is 10.9 Å². The fraction of sp³-hybridized carbons (Fsp3) is 0.650. The Bertz CT molecular complexity index is 933. The molecule has 0 radical (unpaired) electrons. The van der Waals surface area contributed by atoms with E-state index in [4.69, 9.17) is 28.3 Å². The molecule has 0 saturated carbocycles. The van der Waals surface area contributed by atoms with Gasteiger partial charge in [0.15, 0.2) is 17.0 Å². The van der Waals surface area contributed by atoms with Crippen LogP contribution in [0.1, 0.15) is 52.4 Å². The number of imidazole rings is 1. The van der Waals surface area contributed by atoms with E-state index >= 15 is 0 Å². The molecule has 0 amide bonds. The number of nitrogen functional groups attached to an aromatic ring is 1. The molecule has 2 heterocycles. The zero-order chi connectivity index (χ0) is 25.5. The van der Waals surface area contributed by atoms with E-state index in [2.05, 4.69) is 20.3 Å². The minimum absolute atomic E-state index is 0.0107. The van der Waals surface area contributed by atoms with Crippen LogP contribution in [0.2, 0.25) is 0 Å². The molecule has 13 nitrogen and oxygen atoms in total. The quantitative estimate of drug-likeness (QED) is 0.134. The summed E-state index contributed by atoms with van der Waals surface area (Å²) >= 11 is 1.26. The molecule has 1 atom stereocenters. The van der Waals surface area contributed by atoms with Gasteiger partial charge < -0.3 is 33.6 Å². The number of carbonyl (C=O) groups is 2. The number of fused-ring (bicyclic) bond motifs is 1. The first-order valence-corrected chi connectivity index (χ1v) is 12.7. The number of aromatic nitrogens is 4. The summed E-state index contributed by atoms with van der Waals surface area (Å²) in [7, 11) is 1.67. The van der Waals surface area contributed by atoms with Crippen molar-refractivity contribution in [3.63, 3.8) is 0 Å². The number of nitrogens with two attached hydrogens (primary N) is 1. The Morgan fingerprint density at radius 2 is 1.71 bits per heavy atom. The van der Waals surface area contributed by atoms with Gasteiger partial charge in [-0.15, -0.1) is 0 Å². The second-order valence-corrected chi connectivity index (χ2v) is 8.49. The third kappa shape index (κ3) is 10.0. The average molecular weight is 533 g/mol. The topological polar surface area (TPSA) is 162 Å². The molecule has 0 aliphatic heterocycles. The molecule has 0 spiro atoms. The number of rotatable bonds is 16. The molecule has 2 aromatic rings. The average Bonchev–Trinajstić information content (AvgIpc) is 3.26. The number of nitrogens with one attached hydrogen (secondary N) is 1. The van der Waals surface area contributed by atoms with Crippen molar-refractivity contribution < 1.29 is 32.2 Å². The highest BCUT2D eigenvalue weighted by molar-refractivity contribution is 8.09. The van der Waals surface area contributed by atoms with E-state index in [9.17, 15) is 9.59 Å². The molecule has 2 aromatic heterocycles. The number of unbranched alkanes of at least 4 members (excludes halogenated alkanes) is 2. The zero-order valence-corrected chi connectivity index (χ0v) is 21.7. The van der Waals surface area contributed by atoms with Crippen LogP contribution >= 0.6 is 24.1 Å². The maximum Gasteiger partial charge on any atom is 0.398 e. The summed E-state index contributed by atoms with van der Waals surface area (Å²) < 4.78 is 28.1. The van der Waals surface area contributed by atoms with Crippen LogP contribution in [0.15, 0.2) is 6.33 Å². The van der Waals surface area contributed by atoms with Crippen molar-refractivity contribution in [1.82, 2.24) is 19.5 Å². The second-order valence-electron chi connectivity index (χ2n) is 7.02. The Kier molecular flexibility index (Phi) is 13.5. The van der Waals surface area contributed by atoms with Crippen molar-refractivity contribution in [2.45, 2.75) is 52.4 Å². The number of anilines is 2. The molecule has 0 aliphatic carbocycles. The highest BCUT2D eigenvalue weighted by Crippen LogP contribution is 2.25. The summed E-state index contributed by atoms with van der Waals surface area (Å²) in [5.74, 6) is 0.427. The normalized spacial score (nSPS) is 12.0. The Balaban J connectivity index is 1.98. The zero-order valence-electron chi connectivity index (χ0n) is 20.1. The van der Waals surface area contributed by atoms with E-state index in [0.29, 0.717) is 60.7 Å². The summed E-state index contributed by atoms with van der Waals surface area (Å²) in [6.07, 6.45) is 4.14.